The van der Waals surface area contributed by atoms with E-state index in [1.807, 2.05) is 0 Å². The van der Waals surface area contributed by atoms with Gasteiger partial charge in [-0.15, -0.1) is 0 Å². The molecule has 1 aliphatic rings. The van der Waals surface area contributed by atoms with E-state index in [4.69, 9.17) is 5.73 Å². The monoisotopic (exact) mass is 300 g/mol. The highest BCUT2D eigenvalue weighted by Crippen LogP contribution is 2.32. The van der Waals surface area contributed by atoms with Gasteiger partial charge in [-0.2, -0.15) is 13.2 Å². The number of nitrogens with two attached hydrogens (primary N) is 1. The fourth-order valence-electron chi connectivity index (χ4n) is 3.03. The molecule has 1 atom stereocenters. The number of halogens is 3. The molecule has 0 amide bonds. The van der Waals surface area contributed by atoms with Crippen molar-refractivity contribution in [1.82, 2.24) is 5.32 Å². The minimum Gasteiger partial charge on any atom is -0.399 e. The topological polar surface area (TPSA) is 38.0 Å². The van der Waals surface area contributed by atoms with E-state index in [9.17, 15) is 13.2 Å². The Labute approximate surface area is 123 Å². The fraction of sp³-hybridized carbons (Fsp3) is 0.625. The molecule has 0 aliphatic heterocycles. The lowest BCUT2D eigenvalue weighted by molar-refractivity contribution is -0.160. The third-order valence-electron chi connectivity index (χ3n) is 4.19. The zero-order valence-electron chi connectivity index (χ0n) is 12.1. The third-order valence-corrected chi connectivity index (χ3v) is 4.19. The number of nitrogen functional groups attached to an aromatic ring is 1. The quantitative estimate of drug-likeness (QED) is 0.797. The van der Waals surface area contributed by atoms with Crippen LogP contribution in [0.4, 0.5) is 18.9 Å². The van der Waals surface area contributed by atoms with E-state index in [1.165, 1.54) is 0 Å². The van der Waals surface area contributed by atoms with Crippen molar-refractivity contribution in [2.75, 3.05) is 5.73 Å². The maximum absolute atomic E-state index is 13.2. The summed E-state index contributed by atoms with van der Waals surface area (Å²) in [4.78, 5) is 0. The van der Waals surface area contributed by atoms with Crippen molar-refractivity contribution in [1.29, 1.82) is 0 Å². The van der Waals surface area contributed by atoms with E-state index in [-0.39, 0.29) is 18.9 Å². The van der Waals surface area contributed by atoms with Crippen LogP contribution >= 0.6 is 0 Å². The van der Waals surface area contributed by atoms with Gasteiger partial charge in [-0.3, -0.25) is 0 Å². The highest BCUT2D eigenvalue weighted by atomic mass is 19.4. The van der Waals surface area contributed by atoms with Crippen LogP contribution in [0.1, 0.15) is 44.1 Å². The summed E-state index contributed by atoms with van der Waals surface area (Å²) in [7, 11) is 0. The SMILES string of the molecule is Nc1cccc(CNC(CC2CCCCC2)C(F)(F)F)c1. The molecular weight excluding hydrogens is 277 g/mol. The molecule has 0 spiro atoms. The van der Waals surface area contributed by atoms with Crippen molar-refractivity contribution in [3.05, 3.63) is 29.8 Å². The van der Waals surface area contributed by atoms with Crippen LogP contribution in [0.2, 0.25) is 0 Å². The first-order valence-electron chi connectivity index (χ1n) is 7.59. The molecule has 0 aromatic heterocycles. The van der Waals surface area contributed by atoms with Crippen LogP contribution in [0.25, 0.3) is 0 Å². The molecule has 2 rings (SSSR count). The lowest BCUT2D eigenvalue weighted by Crippen LogP contribution is -2.43. The molecule has 0 bridgehead atoms. The van der Waals surface area contributed by atoms with Gasteiger partial charge in [0.15, 0.2) is 0 Å². The summed E-state index contributed by atoms with van der Waals surface area (Å²) < 4.78 is 39.5. The average Bonchev–Trinajstić information content (AvgIpc) is 2.43. The van der Waals surface area contributed by atoms with E-state index >= 15 is 0 Å². The van der Waals surface area contributed by atoms with E-state index in [2.05, 4.69) is 5.32 Å². The Hall–Kier alpha value is -1.23. The van der Waals surface area contributed by atoms with E-state index in [0.29, 0.717) is 5.69 Å². The van der Waals surface area contributed by atoms with Crippen LogP contribution in [0.5, 0.6) is 0 Å². The van der Waals surface area contributed by atoms with E-state index in [0.717, 1.165) is 37.7 Å². The molecule has 0 heterocycles. The molecule has 3 N–H and O–H groups in total. The minimum atomic E-state index is -4.20. The summed E-state index contributed by atoms with van der Waals surface area (Å²) in [6, 6.07) is 5.56. The van der Waals surface area contributed by atoms with E-state index < -0.39 is 12.2 Å². The van der Waals surface area contributed by atoms with Crippen molar-refractivity contribution in [2.45, 2.75) is 57.3 Å². The molecule has 0 radical (unpaired) electrons. The second kappa shape index (κ2) is 7.16. The number of anilines is 1. The summed E-state index contributed by atoms with van der Waals surface area (Å²) in [6.07, 6.45) is 1.11. The van der Waals surface area contributed by atoms with Gasteiger partial charge in [0.05, 0.1) is 0 Å². The van der Waals surface area contributed by atoms with Crippen molar-refractivity contribution in [3.8, 4) is 0 Å². The molecule has 5 heteroatoms. The van der Waals surface area contributed by atoms with Gasteiger partial charge < -0.3 is 11.1 Å². The van der Waals surface area contributed by atoms with Crippen molar-refractivity contribution < 1.29 is 13.2 Å². The summed E-state index contributed by atoms with van der Waals surface area (Å²) in [5.41, 5.74) is 7.01. The molecule has 1 aromatic carbocycles. The molecule has 1 unspecified atom stereocenters. The van der Waals surface area contributed by atoms with Gasteiger partial charge in [-0.25, -0.2) is 0 Å². The second-order valence-corrected chi connectivity index (χ2v) is 5.96. The summed E-state index contributed by atoms with van der Waals surface area (Å²) in [6.45, 7) is 0.196. The fourth-order valence-corrected chi connectivity index (χ4v) is 3.03. The molecule has 118 valence electrons. The number of benzene rings is 1. The van der Waals surface area contributed by atoms with Crippen LogP contribution in [0.15, 0.2) is 24.3 Å². The Morgan fingerprint density at radius 3 is 2.52 bits per heavy atom. The van der Waals surface area contributed by atoms with Gasteiger partial charge in [0.2, 0.25) is 0 Å². The van der Waals surface area contributed by atoms with Gasteiger partial charge in [0.1, 0.15) is 6.04 Å². The van der Waals surface area contributed by atoms with Crippen LogP contribution in [-0.4, -0.2) is 12.2 Å². The standard InChI is InChI=1S/C16H23F3N2/c17-16(18,19)15(10-12-5-2-1-3-6-12)21-11-13-7-4-8-14(20)9-13/h4,7-9,12,15,21H,1-3,5-6,10-11,20H2. The first-order valence-corrected chi connectivity index (χ1v) is 7.59. The van der Waals surface area contributed by atoms with Gasteiger partial charge in [-0.05, 0) is 30.0 Å². The maximum atomic E-state index is 13.2. The summed E-state index contributed by atoms with van der Waals surface area (Å²) >= 11 is 0. The summed E-state index contributed by atoms with van der Waals surface area (Å²) in [5.74, 6) is 0.193. The highest BCUT2D eigenvalue weighted by molar-refractivity contribution is 5.40. The molecule has 2 nitrogen and oxygen atoms in total. The normalized spacial score (nSPS) is 18.6. The lowest BCUT2D eigenvalue weighted by Gasteiger charge is -2.28. The molecule has 1 aromatic rings. The lowest BCUT2D eigenvalue weighted by atomic mass is 9.84. The minimum absolute atomic E-state index is 0.186. The number of nitrogens with one attached hydrogen (secondary N) is 1. The van der Waals surface area contributed by atoms with Crippen LogP contribution in [0.3, 0.4) is 0 Å². The number of alkyl halides is 3. The van der Waals surface area contributed by atoms with E-state index in [1.54, 1.807) is 24.3 Å². The largest absolute Gasteiger partial charge is 0.403 e. The second-order valence-electron chi connectivity index (χ2n) is 5.96. The first-order chi connectivity index (χ1) is 9.95. The third kappa shape index (κ3) is 5.23. The van der Waals surface area contributed by atoms with Gasteiger partial charge in [0.25, 0.3) is 0 Å². The van der Waals surface area contributed by atoms with Crippen LogP contribution in [0, 0.1) is 5.92 Å². The predicted octanol–water partition coefficient (Wildman–Crippen LogP) is 4.26. The Kier molecular flexibility index (Phi) is 5.51. The molecular formula is C16H23F3N2. The average molecular weight is 300 g/mol. The number of hydrogen-bond acceptors (Lipinski definition) is 2. The van der Waals surface area contributed by atoms with Crippen molar-refractivity contribution >= 4 is 5.69 Å². The summed E-state index contributed by atoms with van der Waals surface area (Å²) in [5, 5.41) is 2.67. The Balaban J connectivity index is 1.93. The maximum Gasteiger partial charge on any atom is 0.403 e. The van der Waals surface area contributed by atoms with Crippen molar-refractivity contribution in [3.63, 3.8) is 0 Å². The molecule has 1 fully saturated rings. The first kappa shape index (κ1) is 16.1. The van der Waals surface area contributed by atoms with Gasteiger partial charge in [-0.1, -0.05) is 44.2 Å². The van der Waals surface area contributed by atoms with Crippen LogP contribution in [-0.2, 0) is 6.54 Å². The molecule has 0 saturated heterocycles. The van der Waals surface area contributed by atoms with Gasteiger partial charge >= 0.3 is 6.18 Å². The van der Waals surface area contributed by atoms with Crippen molar-refractivity contribution in [2.24, 2.45) is 5.92 Å². The predicted molar refractivity (Wildman–Crippen MR) is 78.7 cm³/mol. The van der Waals surface area contributed by atoms with Crippen LogP contribution < -0.4 is 11.1 Å². The smallest absolute Gasteiger partial charge is 0.399 e. The Morgan fingerprint density at radius 1 is 1.19 bits per heavy atom. The molecule has 21 heavy (non-hydrogen) atoms. The number of hydrogen-bond donors (Lipinski definition) is 2. The number of rotatable bonds is 5. The zero-order valence-corrected chi connectivity index (χ0v) is 12.1. The Bertz CT molecular complexity index is 439. The van der Waals surface area contributed by atoms with Gasteiger partial charge in [0, 0.05) is 12.2 Å². The highest BCUT2D eigenvalue weighted by Gasteiger charge is 2.40. The Morgan fingerprint density at radius 2 is 1.90 bits per heavy atom. The molecule has 1 aliphatic carbocycles. The molecule has 1 saturated carbocycles. The zero-order chi connectivity index (χ0) is 15.3.